The van der Waals surface area contributed by atoms with Gasteiger partial charge in [0.1, 0.15) is 0 Å². The van der Waals surface area contributed by atoms with Gasteiger partial charge in [-0.3, -0.25) is 0 Å². The highest BCUT2D eigenvalue weighted by molar-refractivity contribution is 5.63. The van der Waals surface area contributed by atoms with Gasteiger partial charge in [0.2, 0.25) is 0 Å². The molecule has 5 heteroatoms. The summed E-state index contributed by atoms with van der Waals surface area (Å²) in [5, 5.41) is 9.16. The van der Waals surface area contributed by atoms with E-state index in [1.807, 2.05) is 6.92 Å². The molecule has 0 saturated heterocycles. The fourth-order valence-electron chi connectivity index (χ4n) is 1.18. The molecule has 0 aliphatic carbocycles. The monoisotopic (exact) mass is 204 g/mol. The van der Waals surface area contributed by atoms with Crippen LogP contribution < -0.4 is 5.69 Å². The molecule has 0 aliphatic heterocycles. The van der Waals surface area contributed by atoms with Crippen LogP contribution in [0.15, 0.2) is 35.6 Å². The number of rotatable bonds is 2. The average molecular weight is 204 g/mol. The van der Waals surface area contributed by atoms with E-state index >= 15 is 0 Å². The van der Waals surface area contributed by atoms with E-state index in [-0.39, 0.29) is 6.04 Å². The molecule has 1 aromatic carbocycles. The highest BCUT2D eigenvalue weighted by atomic mass is 16.2. The summed E-state index contributed by atoms with van der Waals surface area (Å²) in [4.78, 5) is 11.3. The minimum Gasteiger partial charge on any atom is -0.244 e. The molecule has 15 heavy (non-hydrogen) atoms. The summed E-state index contributed by atoms with van der Waals surface area (Å²) < 4.78 is 9.00. The summed E-state index contributed by atoms with van der Waals surface area (Å²) in [5.74, 6) is 0. The lowest BCUT2D eigenvalue weighted by Gasteiger charge is -2.02. The lowest BCUT2D eigenvalue weighted by atomic mass is 10.1. The molecule has 0 atom stereocenters. The van der Waals surface area contributed by atoms with E-state index in [1.165, 1.54) is 0 Å². The molecule has 0 radical (unpaired) electrons. The maximum Gasteiger partial charge on any atom is 0.365 e. The second kappa shape index (κ2) is 3.53. The van der Waals surface area contributed by atoms with E-state index in [0.717, 1.165) is 10.3 Å². The van der Waals surface area contributed by atoms with Crippen molar-refractivity contribution < 1.29 is 1.37 Å². The SMILES string of the molecule is [3H]c1c(C(=C)C)cccc1-n1nn[nH]c1=O. The third kappa shape index (κ3) is 1.71. The first kappa shape index (κ1) is 8.16. The Morgan fingerprint density at radius 2 is 2.47 bits per heavy atom. The van der Waals surface area contributed by atoms with Crippen molar-refractivity contribution in [3.63, 3.8) is 0 Å². The molecule has 0 saturated carbocycles. The molecule has 2 aromatic rings. The summed E-state index contributed by atoms with van der Waals surface area (Å²) in [6, 6.07) is 5.38. The van der Waals surface area contributed by atoms with E-state index in [0.29, 0.717) is 11.3 Å². The minimum absolute atomic E-state index is 0.214. The van der Waals surface area contributed by atoms with Gasteiger partial charge in [0.05, 0.1) is 7.06 Å². The summed E-state index contributed by atoms with van der Waals surface area (Å²) in [6.45, 7) is 5.59. The lowest BCUT2D eigenvalue weighted by Crippen LogP contribution is -2.15. The zero-order valence-corrected chi connectivity index (χ0v) is 8.19. The summed E-state index contributed by atoms with van der Waals surface area (Å²) in [6.07, 6.45) is 0. The van der Waals surface area contributed by atoms with E-state index in [1.54, 1.807) is 18.2 Å². The number of benzene rings is 1. The predicted octanol–water partition coefficient (Wildman–Crippen LogP) is 0.989. The van der Waals surface area contributed by atoms with Crippen LogP contribution in [0.2, 0.25) is 0 Å². The number of allylic oxidation sites excluding steroid dienone is 1. The molecule has 1 aromatic heterocycles. The Labute approximate surface area is 87.4 Å². The Morgan fingerprint density at radius 3 is 3.07 bits per heavy atom. The molecular weight excluding hydrogens is 192 g/mol. The van der Waals surface area contributed by atoms with Gasteiger partial charge in [-0.05, 0) is 35.0 Å². The Balaban J connectivity index is 2.68. The van der Waals surface area contributed by atoms with Gasteiger partial charge < -0.3 is 0 Å². The van der Waals surface area contributed by atoms with E-state index in [4.69, 9.17) is 1.37 Å². The molecule has 0 bridgehead atoms. The molecule has 0 unspecified atom stereocenters. The van der Waals surface area contributed by atoms with Gasteiger partial charge in [-0.2, -0.15) is 4.68 Å². The van der Waals surface area contributed by atoms with E-state index in [2.05, 4.69) is 22.1 Å². The largest absolute Gasteiger partial charge is 0.365 e. The number of aromatic amines is 1. The summed E-state index contributed by atoms with van der Waals surface area (Å²) in [5.41, 5.74) is 1.38. The minimum atomic E-state index is -0.465. The van der Waals surface area contributed by atoms with E-state index < -0.39 is 5.69 Å². The fourth-order valence-corrected chi connectivity index (χ4v) is 1.18. The van der Waals surface area contributed by atoms with Crippen LogP contribution in [0.4, 0.5) is 0 Å². The Bertz CT molecular complexity index is 599. The van der Waals surface area contributed by atoms with Crippen LogP contribution in [0.25, 0.3) is 11.3 Å². The Kier molecular flexibility index (Phi) is 1.92. The second-order valence-electron chi connectivity index (χ2n) is 3.15. The maximum atomic E-state index is 11.3. The quantitative estimate of drug-likeness (QED) is 0.793. The van der Waals surface area contributed by atoms with Crippen molar-refractivity contribution in [2.75, 3.05) is 0 Å². The predicted molar refractivity (Wildman–Crippen MR) is 56.7 cm³/mol. The van der Waals surface area contributed by atoms with Crippen LogP contribution in [0, 0.1) is 0 Å². The third-order valence-electron chi connectivity index (χ3n) is 1.94. The Hall–Kier alpha value is -2.17. The molecule has 76 valence electrons. The number of aromatic nitrogens is 4. The van der Waals surface area contributed by atoms with Crippen LogP contribution in [0.1, 0.15) is 13.9 Å². The van der Waals surface area contributed by atoms with Crippen molar-refractivity contribution in [1.82, 2.24) is 20.2 Å². The van der Waals surface area contributed by atoms with Gasteiger partial charge in [-0.1, -0.05) is 24.3 Å². The molecule has 1 heterocycles. The number of nitrogens with zero attached hydrogens (tertiary/aromatic N) is 3. The molecule has 1 N–H and O–H groups in total. The van der Waals surface area contributed by atoms with Crippen LogP contribution in [-0.2, 0) is 0 Å². The van der Waals surface area contributed by atoms with Crippen molar-refractivity contribution >= 4 is 5.57 Å². The standard InChI is InChI=1S/C10H10N4O/c1-7(2)8-4-3-5-9(6-8)14-10(15)11-12-13-14/h3-6H,1H2,2H3,(H,11,13,15)/i6T. The van der Waals surface area contributed by atoms with Crippen LogP contribution in [0.3, 0.4) is 0 Å². The molecule has 2 rings (SSSR count). The van der Waals surface area contributed by atoms with Crippen molar-refractivity contribution in [2.45, 2.75) is 6.92 Å². The zero-order valence-electron chi connectivity index (χ0n) is 9.19. The smallest absolute Gasteiger partial charge is 0.244 e. The summed E-state index contributed by atoms with van der Waals surface area (Å²) in [7, 11) is 0. The molecule has 0 spiro atoms. The maximum absolute atomic E-state index is 11.3. The number of hydrogen-bond donors (Lipinski definition) is 1. The number of tetrazole rings is 1. The number of nitrogens with one attached hydrogen (secondary N) is 1. The number of hydrogen-bond acceptors (Lipinski definition) is 3. The first-order chi connectivity index (χ1) is 7.61. The summed E-state index contributed by atoms with van der Waals surface area (Å²) >= 11 is 0. The van der Waals surface area contributed by atoms with E-state index in [9.17, 15) is 4.79 Å². The molecule has 0 amide bonds. The van der Waals surface area contributed by atoms with Gasteiger partial charge in [0, 0.05) is 0 Å². The average Bonchev–Trinajstić information content (AvgIpc) is 2.64. The van der Waals surface area contributed by atoms with Crippen molar-refractivity contribution in [1.29, 1.82) is 0 Å². The van der Waals surface area contributed by atoms with Gasteiger partial charge in [0.25, 0.3) is 0 Å². The molecular formula is C10H10N4O. The molecule has 0 fully saturated rings. The van der Waals surface area contributed by atoms with Gasteiger partial charge in [-0.25, -0.2) is 9.89 Å². The topological polar surface area (TPSA) is 63.6 Å². The number of H-pyrrole nitrogens is 1. The van der Waals surface area contributed by atoms with Gasteiger partial charge in [0.15, 0.2) is 0 Å². The van der Waals surface area contributed by atoms with Gasteiger partial charge in [-0.15, -0.1) is 0 Å². The second-order valence-corrected chi connectivity index (χ2v) is 3.15. The van der Waals surface area contributed by atoms with Crippen LogP contribution in [-0.4, -0.2) is 20.2 Å². The van der Waals surface area contributed by atoms with Crippen LogP contribution >= 0.6 is 0 Å². The van der Waals surface area contributed by atoms with Crippen molar-refractivity contribution in [3.05, 3.63) is 46.9 Å². The van der Waals surface area contributed by atoms with Crippen LogP contribution in [0.5, 0.6) is 0 Å². The molecule has 5 nitrogen and oxygen atoms in total. The van der Waals surface area contributed by atoms with Gasteiger partial charge >= 0.3 is 5.69 Å². The zero-order chi connectivity index (χ0) is 11.7. The fraction of sp³-hybridized carbons (Fsp3) is 0.100. The highest BCUT2D eigenvalue weighted by Gasteiger charge is 2.03. The molecule has 0 aliphatic rings. The Morgan fingerprint density at radius 1 is 1.67 bits per heavy atom. The normalized spacial score (nSPS) is 11.1. The first-order valence-corrected chi connectivity index (χ1v) is 4.37. The lowest BCUT2D eigenvalue weighted by molar-refractivity contribution is 0.779. The van der Waals surface area contributed by atoms with Crippen molar-refractivity contribution in [3.8, 4) is 5.69 Å². The highest BCUT2D eigenvalue weighted by Crippen LogP contribution is 2.14. The first-order valence-electron chi connectivity index (χ1n) is 4.87. The van der Waals surface area contributed by atoms with Crippen molar-refractivity contribution in [2.24, 2.45) is 0 Å². The third-order valence-corrected chi connectivity index (χ3v) is 1.94.